The van der Waals surface area contributed by atoms with Crippen molar-refractivity contribution >= 4 is 12.0 Å². The van der Waals surface area contributed by atoms with Crippen LogP contribution in [0.5, 0.6) is 11.5 Å². The van der Waals surface area contributed by atoms with Crippen molar-refractivity contribution in [2.45, 2.75) is 43.0 Å². The van der Waals surface area contributed by atoms with Gasteiger partial charge in [0.2, 0.25) is 0 Å². The maximum absolute atomic E-state index is 11.1. The van der Waals surface area contributed by atoms with E-state index in [-0.39, 0.29) is 11.5 Å². The molecular formula is C16H20O9. The Hall–Kier alpha value is -2.17. The van der Waals surface area contributed by atoms with E-state index < -0.39 is 49.0 Å². The molecule has 5 unspecified atom stereocenters. The first-order valence-corrected chi connectivity index (χ1v) is 7.48. The Labute approximate surface area is 142 Å². The van der Waals surface area contributed by atoms with Crippen LogP contribution in [-0.4, -0.2) is 71.9 Å². The Kier molecular flexibility index (Phi) is 5.65. The van der Waals surface area contributed by atoms with Crippen molar-refractivity contribution in [2.24, 2.45) is 0 Å². The number of aromatic hydroxyl groups is 2. The minimum atomic E-state index is -2.27. The summed E-state index contributed by atoms with van der Waals surface area (Å²) in [7, 11) is 0. The van der Waals surface area contributed by atoms with Gasteiger partial charge in [0.25, 0.3) is 0 Å². The molecule has 1 saturated carbocycles. The SMILES string of the molecule is O=C(O)C1(O)CC(O)C(O)C(OC(O)C=Cc2ccc(O)c(O)c2)C1. The molecule has 0 spiro atoms. The van der Waals surface area contributed by atoms with Crippen LogP contribution in [0, 0.1) is 0 Å². The van der Waals surface area contributed by atoms with Crippen molar-refractivity contribution in [2.75, 3.05) is 0 Å². The largest absolute Gasteiger partial charge is 0.504 e. The maximum atomic E-state index is 11.1. The Balaban J connectivity index is 2.04. The summed E-state index contributed by atoms with van der Waals surface area (Å²) in [6, 6.07) is 3.94. The van der Waals surface area contributed by atoms with Gasteiger partial charge in [0, 0.05) is 12.8 Å². The number of hydrogen-bond donors (Lipinski definition) is 7. The van der Waals surface area contributed by atoms with Gasteiger partial charge >= 0.3 is 5.97 Å². The number of benzene rings is 1. The van der Waals surface area contributed by atoms with Gasteiger partial charge in [-0.15, -0.1) is 0 Å². The lowest BCUT2D eigenvalue weighted by Crippen LogP contribution is -2.57. The maximum Gasteiger partial charge on any atom is 0.335 e. The Morgan fingerprint density at radius 2 is 1.92 bits per heavy atom. The fourth-order valence-electron chi connectivity index (χ4n) is 2.62. The lowest BCUT2D eigenvalue weighted by Gasteiger charge is -2.40. The zero-order valence-corrected chi connectivity index (χ0v) is 13.1. The first kappa shape index (κ1) is 19.2. The predicted molar refractivity (Wildman–Crippen MR) is 83.5 cm³/mol. The lowest BCUT2D eigenvalue weighted by atomic mass is 9.79. The number of carboxylic acids is 1. The van der Waals surface area contributed by atoms with E-state index in [9.17, 15) is 35.4 Å². The third-order valence-corrected chi connectivity index (χ3v) is 4.03. The second kappa shape index (κ2) is 7.38. The molecule has 0 saturated heterocycles. The molecule has 0 amide bonds. The molecule has 0 heterocycles. The molecule has 1 aliphatic rings. The molecule has 0 bridgehead atoms. The summed E-state index contributed by atoms with van der Waals surface area (Å²) in [6.45, 7) is 0. The van der Waals surface area contributed by atoms with E-state index in [1.54, 1.807) is 0 Å². The van der Waals surface area contributed by atoms with Crippen molar-refractivity contribution in [1.82, 2.24) is 0 Å². The zero-order chi connectivity index (χ0) is 18.8. The van der Waals surface area contributed by atoms with Gasteiger partial charge < -0.3 is 40.5 Å². The molecule has 9 nitrogen and oxygen atoms in total. The minimum Gasteiger partial charge on any atom is -0.504 e. The lowest BCUT2D eigenvalue weighted by molar-refractivity contribution is -0.216. The summed E-state index contributed by atoms with van der Waals surface area (Å²) in [6.07, 6.45) is -4.42. The number of aliphatic hydroxyl groups excluding tert-OH is 3. The second-order valence-corrected chi connectivity index (χ2v) is 5.98. The second-order valence-electron chi connectivity index (χ2n) is 5.98. The highest BCUT2D eigenvalue weighted by molar-refractivity contribution is 5.77. The summed E-state index contributed by atoms with van der Waals surface area (Å²) in [5, 5.41) is 67.0. The van der Waals surface area contributed by atoms with E-state index in [0.717, 1.165) is 6.08 Å². The molecule has 0 radical (unpaired) electrons. The van der Waals surface area contributed by atoms with Crippen molar-refractivity contribution in [3.05, 3.63) is 29.8 Å². The first-order valence-electron chi connectivity index (χ1n) is 7.48. The number of rotatable bonds is 5. The molecule has 0 aliphatic heterocycles. The van der Waals surface area contributed by atoms with Crippen molar-refractivity contribution in [1.29, 1.82) is 0 Å². The number of aliphatic carboxylic acids is 1. The highest BCUT2D eigenvalue weighted by atomic mass is 16.6. The topological polar surface area (TPSA) is 168 Å². The van der Waals surface area contributed by atoms with Crippen LogP contribution in [0.4, 0.5) is 0 Å². The van der Waals surface area contributed by atoms with Gasteiger partial charge in [-0.2, -0.15) is 0 Å². The van der Waals surface area contributed by atoms with Crippen molar-refractivity contribution in [3.63, 3.8) is 0 Å². The van der Waals surface area contributed by atoms with Gasteiger partial charge in [-0.3, -0.25) is 0 Å². The van der Waals surface area contributed by atoms with Gasteiger partial charge in [0.15, 0.2) is 23.4 Å². The van der Waals surface area contributed by atoms with Crippen LogP contribution in [0.15, 0.2) is 24.3 Å². The van der Waals surface area contributed by atoms with E-state index in [0.29, 0.717) is 5.56 Å². The molecule has 0 aromatic heterocycles. The third-order valence-electron chi connectivity index (χ3n) is 4.03. The predicted octanol–water partition coefficient (Wildman–Crippen LogP) is -0.854. The number of aliphatic hydroxyl groups is 4. The van der Waals surface area contributed by atoms with Gasteiger partial charge in [0.1, 0.15) is 6.10 Å². The van der Waals surface area contributed by atoms with E-state index >= 15 is 0 Å². The zero-order valence-electron chi connectivity index (χ0n) is 13.1. The first-order chi connectivity index (χ1) is 11.6. The van der Waals surface area contributed by atoms with Crippen LogP contribution in [0.1, 0.15) is 18.4 Å². The third kappa shape index (κ3) is 4.47. The van der Waals surface area contributed by atoms with E-state index in [2.05, 4.69) is 0 Å². The standard InChI is InChI=1S/C16H20O9/c17-9-3-1-8(5-10(9)18)2-4-13(20)25-12-7-16(24,15(22)23)6-11(19)14(12)21/h1-5,11-14,17-21,24H,6-7H2,(H,22,23). The van der Waals surface area contributed by atoms with Gasteiger partial charge in [0.05, 0.1) is 12.2 Å². The molecule has 25 heavy (non-hydrogen) atoms. The molecular weight excluding hydrogens is 336 g/mol. The Morgan fingerprint density at radius 1 is 1.24 bits per heavy atom. The molecule has 1 aromatic rings. The summed E-state index contributed by atoms with van der Waals surface area (Å²) in [5.74, 6) is -2.22. The Bertz CT molecular complexity index is 659. The highest BCUT2D eigenvalue weighted by Gasteiger charge is 2.49. The smallest absolute Gasteiger partial charge is 0.335 e. The fraction of sp³-hybridized carbons (Fsp3) is 0.438. The fourth-order valence-corrected chi connectivity index (χ4v) is 2.62. The van der Waals surface area contributed by atoms with Crippen LogP contribution < -0.4 is 0 Å². The molecule has 1 aromatic carbocycles. The monoisotopic (exact) mass is 356 g/mol. The summed E-state index contributed by atoms with van der Waals surface area (Å²) >= 11 is 0. The number of carbonyl (C=O) groups is 1. The van der Waals surface area contributed by atoms with Crippen molar-refractivity contribution < 1.29 is 45.3 Å². The van der Waals surface area contributed by atoms with Gasteiger partial charge in [-0.25, -0.2) is 4.79 Å². The average molecular weight is 356 g/mol. The van der Waals surface area contributed by atoms with Gasteiger partial charge in [-0.05, 0) is 23.8 Å². The average Bonchev–Trinajstić information content (AvgIpc) is 2.53. The Morgan fingerprint density at radius 3 is 2.52 bits per heavy atom. The molecule has 5 atom stereocenters. The summed E-state index contributed by atoms with van der Waals surface area (Å²) in [5.41, 5.74) is -1.83. The summed E-state index contributed by atoms with van der Waals surface area (Å²) < 4.78 is 5.12. The molecule has 1 aliphatic carbocycles. The number of carboxylic acid groups (broad SMARTS) is 1. The highest BCUT2D eigenvalue weighted by Crippen LogP contribution is 2.32. The molecule has 1 fully saturated rings. The number of ether oxygens (including phenoxy) is 1. The normalized spacial score (nSPS) is 31.1. The van der Waals surface area contributed by atoms with Crippen LogP contribution in [-0.2, 0) is 9.53 Å². The number of hydrogen-bond acceptors (Lipinski definition) is 8. The van der Waals surface area contributed by atoms with Crippen LogP contribution >= 0.6 is 0 Å². The molecule has 9 heteroatoms. The molecule has 2 rings (SSSR count). The summed E-state index contributed by atoms with van der Waals surface area (Å²) in [4.78, 5) is 11.1. The molecule has 7 N–H and O–H groups in total. The van der Waals surface area contributed by atoms with Crippen LogP contribution in [0.3, 0.4) is 0 Å². The van der Waals surface area contributed by atoms with Crippen LogP contribution in [0.25, 0.3) is 6.08 Å². The van der Waals surface area contributed by atoms with E-state index in [1.807, 2.05) is 0 Å². The van der Waals surface area contributed by atoms with Crippen molar-refractivity contribution in [3.8, 4) is 11.5 Å². The number of phenolic OH excluding ortho intramolecular Hbond substituents is 2. The molecule has 138 valence electrons. The van der Waals surface area contributed by atoms with Gasteiger partial charge in [-0.1, -0.05) is 12.1 Å². The quantitative estimate of drug-likeness (QED) is 0.262. The minimum absolute atomic E-state index is 0.304. The van der Waals surface area contributed by atoms with Crippen LogP contribution in [0.2, 0.25) is 0 Å². The van der Waals surface area contributed by atoms with E-state index in [1.165, 1.54) is 24.3 Å². The number of phenols is 2. The van der Waals surface area contributed by atoms with E-state index in [4.69, 9.17) is 9.84 Å².